The molecule has 1 aromatic rings. The molecule has 0 spiro atoms. The molecule has 3 amide bonds. The number of rotatable bonds is 7. The third kappa shape index (κ3) is 2.88. The minimum Gasteiger partial charge on any atom is -0.477 e. The highest BCUT2D eigenvalue weighted by molar-refractivity contribution is 8.00. The lowest BCUT2D eigenvalue weighted by Crippen LogP contribution is -2.80. The van der Waals surface area contributed by atoms with Crippen LogP contribution >= 0.6 is 11.8 Å². The Balaban J connectivity index is 2.00. The van der Waals surface area contributed by atoms with Crippen molar-refractivity contribution in [3.63, 3.8) is 0 Å². The minimum absolute atomic E-state index is 0.149. The van der Waals surface area contributed by atoms with Crippen LogP contribution in [0.4, 0.5) is 10.5 Å². The van der Waals surface area contributed by atoms with E-state index in [-0.39, 0.29) is 23.6 Å². The van der Waals surface area contributed by atoms with E-state index in [2.05, 4.69) is 4.74 Å². The van der Waals surface area contributed by atoms with Gasteiger partial charge in [0.2, 0.25) is 6.41 Å². The molecule has 1 saturated heterocycles. The molecule has 11 heteroatoms. The van der Waals surface area contributed by atoms with Crippen molar-refractivity contribution in [1.29, 1.82) is 0 Å². The van der Waals surface area contributed by atoms with E-state index in [1.54, 1.807) is 30.3 Å². The lowest BCUT2D eigenvalue weighted by atomic mass is 9.96. The van der Waals surface area contributed by atoms with Crippen LogP contribution < -0.4 is 10.6 Å². The van der Waals surface area contributed by atoms with Crippen LogP contribution in [-0.4, -0.2) is 65.0 Å². The molecule has 1 unspecified atom stereocenters. The number of carbonyl (C=O) groups excluding carboxylic acids is 3. The van der Waals surface area contributed by atoms with Crippen LogP contribution in [0.5, 0.6) is 0 Å². The molecule has 0 bridgehead atoms. The fraction of sp³-hybridized carbons (Fsp3) is 0.294. The molecule has 10 nitrogen and oxygen atoms in total. The zero-order chi connectivity index (χ0) is 20.5. The second kappa shape index (κ2) is 7.52. The Kier molecular flexibility index (Phi) is 5.29. The predicted molar refractivity (Wildman–Crippen MR) is 98.0 cm³/mol. The number of β-lactam (4-membered cyclic amide) rings is 1. The Morgan fingerprint density at radius 2 is 2.11 bits per heavy atom. The molecule has 1 fully saturated rings. The Bertz CT molecular complexity index is 860. The zero-order valence-corrected chi connectivity index (χ0v) is 15.5. The summed E-state index contributed by atoms with van der Waals surface area (Å²) in [6.45, 7) is -0.351. The van der Waals surface area contributed by atoms with E-state index in [0.717, 1.165) is 9.80 Å². The van der Waals surface area contributed by atoms with E-state index >= 15 is 0 Å². The Hall–Kier alpha value is -3.05. The molecule has 2 aliphatic rings. The zero-order valence-electron chi connectivity index (χ0n) is 14.7. The first-order chi connectivity index (χ1) is 13.4. The van der Waals surface area contributed by atoms with E-state index in [0.29, 0.717) is 12.1 Å². The van der Waals surface area contributed by atoms with Gasteiger partial charge in [-0.2, -0.15) is 0 Å². The number of ether oxygens (including phenoxy) is 2. The summed E-state index contributed by atoms with van der Waals surface area (Å²) in [5.41, 5.74) is 3.60. The van der Waals surface area contributed by atoms with Crippen molar-refractivity contribution < 1.29 is 33.8 Å². The van der Waals surface area contributed by atoms with Gasteiger partial charge in [-0.15, -0.1) is 11.8 Å². The summed E-state index contributed by atoms with van der Waals surface area (Å²) in [4.78, 5) is 49.8. The molecule has 0 radical (unpaired) electrons. The molecule has 0 aliphatic carbocycles. The minimum atomic E-state index is -1.69. The van der Waals surface area contributed by atoms with Gasteiger partial charge in [-0.1, -0.05) is 18.2 Å². The van der Waals surface area contributed by atoms with E-state index in [9.17, 15) is 24.3 Å². The van der Waals surface area contributed by atoms with Gasteiger partial charge in [0.1, 0.15) is 17.7 Å². The van der Waals surface area contributed by atoms with Crippen LogP contribution in [0.2, 0.25) is 0 Å². The van der Waals surface area contributed by atoms with Crippen LogP contribution in [0.15, 0.2) is 41.6 Å². The Labute approximate surface area is 163 Å². The number of thioether (sulfide) groups is 1. The number of carboxylic acid groups (broad SMARTS) is 1. The number of para-hydroxylation sites is 1. The number of carbonyl (C=O) groups is 4. The molecule has 3 N–H and O–H groups in total. The van der Waals surface area contributed by atoms with Gasteiger partial charge in [-0.25, -0.2) is 9.59 Å². The molecule has 28 heavy (non-hydrogen) atoms. The lowest BCUT2D eigenvalue weighted by molar-refractivity contribution is -0.184. The van der Waals surface area contributed by atoms with E-state index in [4.69, 9.17) is 10.5 Å². The first kappa shape index (κ1) is 19.7. The summed E-state index contributed by atoms with van der Waals surface area (Å²) in [5.74, 6) is -1.92. The highest BCUT2D eigenvalue weighted by Gasteiger charge is 2.69. The van der Waals surface area contributed by atoms with Crippen LogP contribution in [0.3, 0.4) is 0 Å². The van der Waals surface area contributed by atoms with Crippen molar-refractivity contribution in [1.82, 2.24) is 4.90 Å². The van der Waals surface area contributed by atoms with E-state index in [1.807, 2.05) is 0 Å². The first-order valence-electron chi connectivity index (χ1n) is 8.06. The van der Waals surface area contributed by atoms with Crippen LogP contribution in [0.1, 0.15) is 0 Å². The number of nitrogens with two attached hydrogens (primary N) is 1. The molecule has 2 aliphatic heterocycles. The van der Waals surface area contributed by atoms with Crippen LogP contribution in [0, 0.1) is 0 Å². The summed E-state index contributed by atoms with van der Waals surface area (Å²) in [6, 6.07) is 8.43. The predicted octanol–water partition coefficient (Wildman–Crippen LogP) is 0.341. The summed E-state index contributed by atoms with van der Waals surface area (Å²) >= 11 is 1.19. The molecule has 148 valence electrons. The quantitative estimate of drug-likeness (QED) is 0.375. The average molecular weight is 407 g/mol. The number of methoxy groups -OCH3 is 1. The number of carboxylic acids is 1. The van der Waals surface area contributed by atoms with Crippen LogP contribution in [-0.2, 0) is 23.9 Å². The number of primary amides is 1. The van der Waals surface area contributed by atoms with Crippen molar-refractivity contribution in [3.8, 4) is 0 Å². The van der Waals surface area contributed by atoms with Gasteiger partial charge in [-0.05, 0) is 12.1 Å². The number of amides is 3. The molecule has 1 aromatic carbocycles. The molecule has 2 heterocycles. The fourth-order valence-corrected chi connectivity index (χ4v) is 4.73. The largest absolute Gasteiger partial charge is 0.477 e. The van der Waals surface area contributed by atoms with Gasteiger partial charge in [-0.3, -0.25) is 19.4 Å². The number of nitrogens with zero attached hydrogens (tertiary/aromatic N) is 2. The molecular weight excluding hydrogens is 390 g/mol. The van der Waals surface area contributed by atoms with Crippen molar-refractivity contribution in [3.05, 3.63) is 41.6 Å². The number of hydrogen-bond acceptors (Lipinski definition) is 7. The summed E-state index contributed by atoms with van der Waals surface area (Å²) in [6.07, 6.45) is -0.577. The van der Waals surface area contributed by atoms with Gasteiger partial charge in [0.05, 0.1) is 0 Å². The van der Waals surface area contributed by atoms with Crippen molar-refractivity contribution in [2.45, 2.75) is 11.1 Å². The van der Waals surface area contributed by atoms with Crippen molar-refractivity contribution in [2.24, 2.45) is 5.73 Å². The first-order valence-corrected chi connectivity index (χ1v) is 9.11. The number of anilines is 1. The second-order valence-electron chi connectivity index (χ2n) is 5.92. The highest BCUT2D eigenvalue weighted by atomic mass is 32.2. The van der Waals surface area contributed by atoms with E-state index in [1.165, 1.54) is 18.9 Å². The van der Waals surface area contributed by atoms with Gasteiger partial charge < -0.3 is 20.3 Å². The maximum atomic E-state index is 13.1. The smallest absolute Gasteiger partial charge is 0.404 e. The number of benzene rings is 1. The SMILES string of the molecule is COC1(N(C=O)c2ccccc2)C(=O)N2C(C(=O)O)=C(COC(N)=O)CS[C@@H]21. The van der Waals surface area contributed by atoms with Gasteiger partial charge >= 0.3 is 12.1 Å². The molecule has 2 atom stereocenters. The fourth-order valence-electron chi connectivity index (χ4n) is 3.27. The molecular formula is C17H17N3O7S. The maximum absolute atomic E-state index is 13.1. The molecule has 3 rings (SSSR count). The lowest BCUT2D eigenvalue weighted by Gasteiger charge is -2.58. The third-order valence-corrected chi connectivity index (χ3v) is 5.85. The maximum Gasteiger partial charge on any atom is 0.404 e. The van der Waals surface area contributed by atoms with Crippen molar-refractivity contribution in [2.75, 3.05) is 24.4 Å². The van der Waals surface area contributed by atoms with E-state index < -0.39 is 29.1 Å². The van der Waals surface area contributed by atoms with Gasteiger partial charge in [0, 0.05) is 24.1 Å². The second-order valence-corrected chi connectivity index (χ2v) is 6.98. The molecule has 0 aromatic heterocycles. The summed E-state index contributed by atoms with van der Waals surface area (Å²) in [5, 5.41) is 8.82. The summed E-state index contributed by atoms with van der Waals surface area (Å²) in [7, 11) is 1.28. The van der Waals surface area contributed by atoms with Crippen molar-refractivity contribution >= 4 is 41.8 Å². The highest BCUT2D eigenvalue weighted by Crippen LogP contribution is 2.50. The molecule has 0 saturated carbocycles. The van der Waals surface area contributed by atoms with Gasteiger partial charge in [0.25, 0.3) is 11.6 Å². The standard InChI is InChI=1S/C17H17N3O7S/c1-26-17(19(9-21)11-5-3-2-4-6-11)14(24)20-12(13(22)23)10(7-27-16(18)25)8-28-15(17)20/h2-6,9,15H,7-8H2,1H3,(H2,18,25)(H,22,23)/t15-,17?/m1/s1. The number of hydrogen-bond donors (Lipinski definition) is 2. The average Bonchev–Trinajstić information content (AvgIpc) is 2.69. The van der Waals surface area contributed by atoms with Crippen LogP contribution in [0.25, 0.3) is 0 Å². The topological polar surface area (TPSA) is 139 Å². The number of fused-ring (bicyclic) bond motifs is 1. The normalized spacial score (nSPS) is 23.5. The summed E-state index contributed by atoms with van der Waals surface area (Å²) < 4.78 is 10.2. The third-order valence-electron chi connectivity index (χ3n) is 4.49. The Morgan fingerprint density at radius 3 is 2.64 bits per heavy atom. The monoisotopic (exact) mass is 407 g/mol. The van der Waals surface area contributed by atoms with Gasteiger partial charge in [0.15, 0.2) is 0 Å². The number of aliphatic carboxylic acids is 1. The Morgan fingerprint density at radius 1 is 1.43 bits per heavy atom.